The van der Waals surface area contributed by atoms with Crippen molar-refractivity contribution < 1.29 is 17.9 Å². The summed E-state index contributed by atoms with van der Waals surface area (Å²) in [6.45, 7) is 1.65. The van der Waals surface area contributed by atoms with Crippen molar-refractivity contribution in [3.8, 4) is 5.82 Å². The average molecular weight is 300 g/mol. The molecule has 0 amide bonds. The molecule has 0 atom stereocenters. The van der Waals surface area contributed by atoms with Gasteiger partial charge in [0.2, 0.25) is 0 Å². The number of nitrogens with zero attached hydrogens (tertiary/aromatic N) is 3. The van der Waals surface area contributed by atoms with Gasteiger partial charge in [0.1, 0.15) is 0 Å². The smallest absolute Gasteiger partial charge is 0.383 e. The molecule has 0 bridgehead atoms. The number of hydrogen-bond donors (Lipinski definition) is 1. The highest BCUT2D eigenvalue weighted by atomic mass is 19.4. The molecule has 2 rings (SSSR count). The molecule has 0 aliphatic heterocycles. The van der Waals surface area contributed by atoms with Gasteiger partial charge in [-0.2, -0.15) is 18.3 Å². The van der Waals surface area contributed by atoms with Crippen LogP contribution < -0.4 is 5.32 Å². The molecule has 8 heteroatoms. The standard InChI is InChI=1S/C13H15F3N4O/c1-21-8-6-17-9-10-3-2-5-18-12(10)20-7-4-11(19-20)13(14,15)16/h2-5,7,17H,6,8-9H2,1H3. The number of halogens is 3. The minimum absolute atomic E-state index is 0.373. The van der Waals surface area contributed by atoms with E-state index in [1.54, 1.807) is 19.2 Å². The van der Waals surface area contributed by atoms with Gasteiger partial charge >= 0.3 is 6.18 Å². The van der Waals surface area contributed by atoms with Gasteiger partial charge in [-0.1, -0.05) is 6.07 Å². The predicted molar refractivity (Wildman–Crippen MR) is 69.9 cm³/mol. The van der Waals surface area contributed by atoms with Crippen molar-refractivity contribution >= 4 is 0 Å². The van der Waals surface area contributed by atoms with Gasteiger partial charge in [0.25, 0.3) is 0 Å². The summed E-state index contributed by atoms with van der Waals surface area (Å²) < 4.78 is 43.8. The van der Waals surface area contributed by atoms with Crippen molar-refractivity contribution in [3.63, 3.8) is 0 Å². The zero-order valence-electron chi connectivity index (χ0n) is 11.4. The Labute approximate surface area is 119 Å². The van der Waals surface area contributed by atoms with Gasteiger partial charge in [0.15, 0.2) is 11.5 Å². The highest BCUT2D eigenvalue weighted by Crippen LogP contribution is 2.27. The maximum atomic E-state index is 12.6. The number of methoxy groups -OCH3 is 1. The molecule has 0 radical (unpaired) electrons. The second kappa shape index (κ2) is 6.68. The minimum Gasteiger partial charge on any atom is -0.383 e. The summed E-state index contributed by atoms with van der Waals surface area (Å²) in [5.74, 6) is 0.373. The molecule has 0 aromatic carbocycles. The summed E-state index contributed by atoms with van der Waals surface area (Å²) in [4.78, 5) is 4.11. The number of rotatable bonds is 6. The van der Waals surface area contributed by atoms with E-state index in [2.05, 4.69) is 15.4 Å². The van der Waals surface area contributed by atoms with Crippen molar-refractivity contribution in [2.24, 2.45) is 0 Å². The molecule has 2 aromatic rings. The maximum Gasteiger partial charge on any atom is 0.435 e. The number of pyridine rings is 1. The Bertz CT molecular complexity index is 583. The quantitative estimate of drug-likeness (QED) is 0.829. The first-order chi connectivity index (χ1) is 10.0. The van der Waals surface area contributed by atoms with E-state index in [1.807, 2.05) is 0 Å². The van der Waals surface area contributed by atoms with Crippen LogP contribution in [0.5, 0.6) is 0 Å². The van der Waals surface area contributed by atoms with Gasteiger partial charge in [-0.15, -0.1) is 0 Å². The van der Waals surface area contributed by atoms with Gasteiger partial charge in [-0.25, -0.2) is 9.67 Å². The van der Waals surface area contributed by atoms with E-state index in [4.69, 9.17) is 4.74 Å². The summed E-state index contributed by atoms with van der Waals surface area (Å²) in [7, 11) is 1.60. The van der Waals surface area contributed by atoms with Crippen molar-refractivity contribution in [2.75, 3.05) is 20.3 Å². The molecule has 0 aliphatic carbocycles. The largest absolute Gasteiger partial charge is 0.435 e. The Balaban J connectivity index is 2.17. The molecule has 0 saturated carbocycles. The summed E-state index contributed by atoms with van der Waals surface area (Å²) in [5.41, 5.74) is -0.183. The lowest BCUT2D eigenvalue weighted by atomic mass is 10.2. The molecule has 21 heavy (non-hydrogen) atoms. The Kier molecular flexibility index (Phi) is 4.92. The molecule has 2 heterocycles. The summed E-state index contributed by atoms with van der Waals surface area (Å²) in [5, 5.41) is 6.65. The van der Waals surface area contributed by atoms with E-state index in [9.17, 15) is 13.2 Å². The summed E-state index contributed by atoms with van der Waals surface area (Å²) >= 11 is 0. The maximum absolute atomic E-state index is 12.6. The molecule has 0 saturated heterocycles. The minimum atomic E-state index is -4.46. The third kappa shape index (κ3) is 4.02. The van der Waals surface area contributed by atoms with E-state index in [1.165, 1.54) is 12.4 Å². The lowest BCUT2D eigenvalue weighted by Crippen LogP contribution is -2.20. The fourth-order valence-corrected chi connectivity index (χ4v) is 1.76. The van der Waals surface area contributed by atoms with E-state index in [-0.39, 0.29) is 0 Å². The lowest BCUT2D eigenvalue weighted by molar-refractivity contribution is -0.141. The Morgan fingerprint density at radius 2 is 2.14 bits per heavy atom. The highest BCUT2D eigenvalue weighted by molar-refractivity contribution is 5.33. The van der Waals surface area contributed by atoms with Crippen LogP contribution in [0.4, 0.5) is 13.2 Å². The van der Waals surface area contributed by atoms with Crippen LogP contribution >= 0.6 is 0 Å². The van der Waals surface area contributed by atoms with Crippen molar-refractivity contribution in [2.45, 2.75) is 12.7 Å². The van der Waals surface area contributed by atoms with Crippen LogP contribution in [0.25, 0.3) is 5.82 Å². The molecule has 1 N–H and O–H groups in total. The van der Waals surface area contributed by atoms with Gasteiger partial charge in [-0.05, 0) is 12.1 Å². The third-order valence-electron chi connectivity index (χ3n) is 2.76. The Morgan fingerprint density at radius 1 is 1.33 bits per heavy atom. The number of ether oxygens (including phenoxy) is 1. The molecule has 2 aromatic heterocycles. The van der Waals surface area contributed by atoms with Crippen molar-refractivity contribution in [3.05, 3.63) is 41.9 Å². The molecular weight excluding hydrogens is 285 g/mol. The Morgan fingerprint density at radius 3 is 2.81 bits per heavy atom. The van der Waals surface area contributed by atoms with Crippen LogP contribution in [-0.4, -0.2) is 35.0 Å². The normalized spacial score (nSPS) is 11.8. The van der Waals surface area contributed by atoms with Crippen LogP contribution in [0, 0.1) is 0 Å². The molecule has 114 valence electrons. The third-order valence-corrected chi connectivity index (χ3v) is 2.76. The molecule has 0 fully saturated rings. The predicted octanol–water partition coefficient (Wildman–Crippen LogP) is 2.02. The first-order valence-corrected chi connectivity index (χ1v) is 6.29. The first kappa shape index (κ1) is 15.5. The SMILES string of the molecule is COCCNCc1cccnc1-n1ccc(C(F)(F)F)n1. The molecule has 0 spiro atoms. The molecule has 5 nitrogen and oxygen atoms in total. The summed E-state index contributed by atoms with van der Waals surface area (Å²) in [6, 6.07) is 4.44. The fourth-order valence-electron chi connectivity index (χ4n) is 1.76. The van der Waals surface area contributed by atoms with E-state index in [0.29, 0.717) is 25.5 Å². The van der Waals surface area contributed by atoms with Gasteiger partial charge in [-0.3, -0.25) is 0 Å². The number of alkyl halides is 3. The number of hydrogen-bond acceptors (Lipinski definition) is 4. The second-order valence-corrected chi connectivity index (χ2v) is 4.30. The van der Waals surface area contributed by atoms with Gasteiger partial charge in [0.05, 0.1) is 6.61 Å². The van der Waals surface area contributed by atoms with Crippen LogP contribution in [0.2, 0.25) is 0 Å². The topological polar surface area (TPSA) is 52.0 Å². The number of aromatic nitrogens is 3. The molecule has 0 unspecified atom stereocenters. The number of nitrogens with one attached hydrogen (secondary N) is 1. The zero-order chi connectivity index (χ0) is 15.3. The molecule has 0 aliphatic rings. The van der Waals surface area contributed by atoms with Crippen LogP contribution in [0.1, 0.15) is 11.3 Å². The monoisotopic (exact) mass is 300 g/mol. The van der Waals surface area contributed by atoms with Gasteiger partial charge < -0.3 is 10.1 Å². The van der Waals surface area contributed by atoms with Gasteiger partial charge in [0, 0.05) is 38.2 Å². The average Bonchev–Trinajstić information content (AvgIpc) is 2.94. The first-order valence-electron chi connectivity index (χ1n) is 6.29. The van der Waals surface area contributed by atoms with Crippen LogP contribution in [0.15, 0.2) is 30.6 Å². The van der Waals surface area contributed by atoms with Crippen molar-refractivity contribution in [1.82, 2.24) is 20.1 Å². The van der Waals surface area contributed by atoms with E-state index < -0.39 is 11.9 Å². The van der Waals surface area contributed by atoms with E-state index >= 15 is 0 Å². The highest BCUT2D eigenvalue weighted by Gasteiger charge is 2.33. The second-order valence-electron chi connectivity index (χ2n) is 4.30. The van der Waals surface area contributed by atoms with E-state index in [0.717, 1.165) is 16.3 Å². The fraction of sp³-hybridized carbons (Fsp3) is 0.385. The van der Waals surface area contributed by atoms with Crippen LogP contribution in [-0.2, 0) is 17.5 Å². The van der Waals surface area contributed by atoms with Crippen LogP contribution in [0.3, 0.4) is 0 Å². The summed E-state index contributed by atoms with van der Waals surface area (Å²) in [6.07, 6.45) is -1.69. The molecular formula is C13H15F3N4O. The van der Waals surface area contributed by atoms with Crippen molar-refractivity contribution in [1.29, 1.82) is 0 Å². The Hall–Kier alpha value is -1.93. The zero-order valence-corrected chi connectivity index (χ0v) is 11.4. The lowest BCUT2D eigenvalue weighted by Gasteiger charge is -2.09.